The molecular weight excluding hydrogens is 236 g/mol. The fraction of sp³-hybridized carbons (Fsp3) is 0.562. The number of likely N-dealkylation sites (tertiary alicyclic amines) is 1. The molecule has 3 heteroatoms. The Bertz CT molecular complexity index is 415. The molecule has 0 amide bonds. The van der Waals surface area contributed by atoms with E-state index >= 15 is 0 Å². The molecule has 0 spiro atoms. The van der Waals surface area contributed by atoms with E-state index in [1.807, 2.05) is 12.1 Å². The third-order valence-electron chi connectivity index (χ3n) is 4.52. The van der Waals surface area contributed by atoms with Crippen molar-refractivity contribution in [1.29, 1.82) is 0 Å². The number of anilines is 1. The number of nitrogens with zero attached hydrogens (tertiary/aromatic N) is 2. The molecule has 3 nitrogen and oxygen atoms in total. The second-order valence-corrected chi connectivity index (χ2v) is 5.67. The average Bonchev–Trinajstić information content (AvgIpc) is 3.02. The van der Waals surface area contributed by atoms with Gasteiger partial charge in [0.15, 0.2) is 0 Å². The minimum absolute atomic E-state index is 0.760. The Kier molecular flexibility index (Phi) is 3.83. The van der Waals surface area contributed by atoms with Gasteiger partial charge in [-0.15, -0.1) is 0 Å². The summed E-state index contributed by atoms with van der Waals surface area (Å²) in [6.45, 7) is 4.89. The number of rotatable bonds is 3. The number of hydrogen-bond acceptors (Lipinski definition) is 3. The van der Waals surface area contributed by atoms with Crippen LogP contribution in [-0.2, 0) is 0 Å². The molecule has 0 N–H and O–H groups in total. The zero-order valence-electron chi connectivity index (χ0n) is 11.4. The SMILES string of the molecule is O=Cc1ccc(N2CCC(N3CCCC3)CC2)cc1. The van der Waals surface area contributed by atoms with Crippen LogP contribution >= 0.6 is 0 Å². The standard InChI is InChI=1S/C16H22N2O/c19-13-14-3-5-15(6-4-14)18-11-7-16(8-12-18)17-9-1-2-10-17/h3-6,13,16H,1-2,7-12H2. The first-order valence-corrected chi connectivity index (χ1v) is 7.41. The molecule has 0 bridgehead atoms. The Morgan fingerprint density at radius 3 is 2.16 bits per heavy atom. The van der Waals surface area contributed by atoms with Crippen molar-refractivity contribution in [3.05, 3.63) is 29.8 Å². The molecule has 0 aromatic heterocycles. The molecule has 3 rings (SSSR count). The van der Waals surface area contributed by atoms with Crippen LogP contribution in [0.4, 0.5) is 5.69 Å². The van der Waals surface area contributed by atoms with Crippen LogP contribution in [0.3, 0.4) is 0 Å². The third kappa shape index (κ3) is 2.81. The van der Waals surface area contributed by atoms with E-state index < -0.39 is 0 Å². The van der Waals surface area contributed by atoms with E-state index in [0.717, 1.165) is 31.0 Å². The highest BCUT2D eigenvalue weighted by Gasteiger charge is 2.26. The summed E-state index contributed by atoms with van der Waals surface area (Å²) in [7, 11) is 0. The van der Waals surface area contributed by atoms with Gasteiger partial charge in [-0.2, -0.15) is 0 Å². The Labute approximate surface area is 115 Å². The van der Waals surface area contributed by atoms with Gasteiger partial charge in [-0.05, 0) is 63.0 Å². The predicted octanol–water partition coefficient (Wildman–Crippen LogP) is 2.56. The van der Waals surface area contributed by atoms with Gasteiger partial charge in [-0.3, -0.25) is 4.79 Å². The molecule has 0 radical (unpaired) electrons. The number of hydrogen-bond donors (Lipinski definition) is 0. The van der Waals surface area contributed by atoms with E-state index in [4.69, 9.17) is 0 Å². The molecule has 1 aromatic rings. The first kappa shape index (κ1) is 12.7. The maximum atomic E-state index is 10.7. The lowest BCUT2D eigenvalue weighted by molar-refractivity contribution is 0.112. The van der Waals surface area contributed by atoms with Gasteiger partial charge < -0.3 is 9.80 Å². The van der Waals surface area contributed by atoms with Crippen molar-refractivity contribution in [2.45, 2.75) is 31.7 Å². The summed E-state index contributed by atoms with van der Waals surface area (Å²) < 4.78 is 0. The van der Waals surface area contributed by atoms with E-state index in [2.05, 4.69) is 21.9 Å². The first-order valence-electron chi connectivity index (χ1n) is 7.41. The van der Waals surface area contributed by atoms with Crippen LogP contribution in [0.15, 0.2) is 24.3 Å². The summed E-state index contributed by atoms with van der Waals surface area (Å²) in [5, 5.41) is 0. The highest BCUT2D eigenvalue weighted by molar-refractivity contribution is 5.75. The van der Waals surface area contributed by atoms with Crippen LogP contribution in [0.25, 0.3) is 0 Å². The van der Waals surface area contributed by atoms with Gasteiger partial charge in [0.25, 0.3) is 0 Å². The maximum Gasteiger partial charge on any atom is 0.150 e. The molecule has 0 atom stereocenters. The molecular formula is C16H22N2O. The Morgan fingerprint density at radius 1 is 0.947 bits per heavy atom. The second kappa shape index (κ2) is 5.74. The van der Waals surface area contributed by atoms with Crippen molar-refractivity contribution in [2.75, 3.05) is 31.1 Å². The van der Waals surface area contributed by atoms with Gasteiger partial charge in [0.2, 0.25) is 0 Å². The maximum absolute atomic E-state index is 10.7. The number of carbonyl (C=O) groups excluding carboxylic acids is 1. The molecule has 102 valence electrons. The topological polar surface area (TPSA) is 23.6 Å². The number of aldehydes is 1. The van der Waals surface area contributed by atoms with Gasteiger partial charge in [0, 0.05) is 30.4 Å². The zero-order valence-corrected chi connectivity index (χ0v) is 11.4. The van der Waals surface area contributed by atoms with Gasteiger partial charge in [-0.25, -0.2) is 0 Å². The van der Waals surface area contributed by atoms with Crippen LogP contribution in [0.5, 0.6) is 0 Å². The average molecular weight is 258 g/mol. The van der Waals surface area contributed by atoms with Crippen molar-refractivity contribution >= 4 is 12.0 Å². The molecule has 2 saturated heterocycles. The van der Waals surface area contributed by atoms with Gasteiger partial charge in [0.1, 0.15) is 6.29 Å². The molecule has 2 aliphatic rings. The van der Waals surface area contributed by atoms with Crippen LogP contribution < -0.4 is 4.90 Å². The lowest BCUT2D eigenvalue weighted by atomic mass is 10.0. The summed E-state index contributed by atoms with van der Waals surface area (Å²) >= 11 is 0. The monoisotopic (exact) mass is 258 g/mol. The summed E-state index contributed by atoms with van der Waals surface area (Å²) in [6.07, 6.45) is 6.22. The van der Waals surface area contributed by atoms with Crippen molar-refractivity contribution in [3.8, 4) is 0 Å². The highest BCUT2D eigenvalue weighted by Crippen LogP contribution is 2.24. The van der Waals surface area contributed by atoms with Crippen molar-refractivity contribution in [1.82, 2.24) is 4.90 Å². The van der Waals surface area contributed by atoms with Crippen LogP contribution in [0.1, 0.15) is 36.0 Å². The van der Waals surface area contributed by atoms with Gasteiger partial charge >= 0.3 is 0 Å². The van der Waals surface area contributed by atoms with E-state index in [9.17, 15) is 4.79 Å². The zero-order chi connectivity index (χ0) is 13.1. The second-order valence-electron chi connectivity index (χ2n) is 5.67. The number of piperidine rings is 1. The first-order chi connectivity index (χ1) is 9.36. The number of benzene rings is 1. The van der Waals surface area contributed by atoms with Gasteiger partial charge in [-0.1, -0.05) is 0 Å². The summed E-state index contributed by atoms with van der Waals surface area (Å²) in [5.41, 5.74) is 2.01. The molecule has 2 aliphatic heterocycles. The largest absolute Gasteiger partial charge is 0.371 e. The Balaban J connectivity index is 1.58. The molecule has 0 unspecified atom stereocenters. The summed E-state index contributed by atoms with van der Waals surface area (Å²) in [4.78, 5) is 15.8. The van der Waals surface area contributed by atoms with Crippen molar-refractivity contribution in [2.24, 2.45) is 0 Å². The molecule has 19 heavy (non-hydrogen) atoms. The molecule has 2 heterocycles. The van der Waals surface area contributed by atoms with E-state index in [0.29, 0.717) is 0 Å². The molecule has 1 aromatic carbocycles. The van der Waals surface area contributed by atoms with Gasteiger partial charge in [0.05, 0.1) is 0 Å². The summed E-state index contributed by atoms with van der Waals surface area (Å²) in [6, 6.07) is 8.76. The van der Waals surface area contributed by atoms with Crippen LogP contribution in [0, 0.1) is 0 Å². The quantitative estimate of drug-likeness (QED) is 0.779. The molecule has 0 saturated carbocycles. The lowest BCUT2D eigenvalue weighted by Gasteiger charge is -2.37. The highest BCUT2D eigenvalue weighted by atomic mass is 16.1. The normalized spacial score (nSPS) is 21.8. The van der Waals surface area contributed by atoms with Crippen molar-refractivity contribution in [3.63, 3.8) is 0 Å². The predicted molar refractivity (Wildman–Crippen MR) is 77.9 cm³/mol. The summed E-state index contributed by atoms with van der Waals surface area (Å²) in [5.74, 6) is 0. The fourth-order valence-corrected chi connectivity index (χ4v) is 3.36. The molecule has 0 aliphatic carbocycles. The Morgan fingerprint density at radius 2 is 1.58 bits per heavy atom. The van der Waals surface area contributed by atoms with Crippen molar-refractivity contribution < 1.29 is 4.79 Å². The Hall–Kier alpha value is -1.35. The number of carbonyl (C=O) groups is 1. The van der Waals surface area contributed by atoms with E-state index in [1.54, 1.807) is 0 Å². The van der Waals surface area contributed by atoms with Crippen LogP contribution in [-0.4, -0.2) is 43.4 Å². The third-order valence-corrected chi connectivity index (χ3v) is 4.52. The minimum atomic E-state index is 0.760. The van der Waals surface area contributed by atoms with E-state index in [1.165, 1.54) is 44.5 Å². The smallest absolute Gasteiger partial charge is 0.150 e. The fourth-order valence-electron chi connectivity index (χ4n) is 3.36. The molecule has 2 fully saturated rings. The van der Waals surface area contributed by atoms with E-state index in [-0.39, 0.29) is 0 Å². The lowest BCUT2D eigenvalue weighted by Crippen LogP contribution is -2.43. The minimum Gasteiger partial charge on any atom is -0.371 e. The van der Waals surface area contributed by atoms with Crippen LogP contribution in [0.2, 0.25) is 0 Å².